The largest absolute Gasteiger partial charge is 0.336 e. The lowest BCUT2D eigenvalue weighted by molar-refractivity contribution is -0.136. The quantitative estimate of drug-likeness (QED) is 0.859. The number of carbonyl (C=O) groups excluding carboxylic acids is 1. The minimum Gasteiger partial charge on any atom is -0.336 e. The van der Waals surface area contributed by atoms with Crippen LogP contribution in [0.5, 0.6) is 0 Å². The van der Waals surface area contributed by atoms with E-state index in [1.165, 1.54) is 12.1 Å². The standard InChI is InChI=1S/C16H21FN2O/c1-3-19(16(20)13-6-9-15(18)10-13)11(2)12-4-7-14(17)8-5-12/h4-9,11,13,15H,3,10,18H2,1-2H3. The highest BCUT2D eigenvalue weighted by Gasteiger charge is 2.29. The van der Waals surface area contributed by atoms with Gasteiger partial charge in [0.25, 0.3) is 0 Å². The predicted octanol–water partition coefficient (Wildman–Crippen LogP) is 2.64. The maximum absolute atomic E-state index is 13.0. The first-order valence-electron chi connectivity index (χ1n) is 7.02. The van der Waals surface area contributed by atoms with Crippen LogP contribution in [0.3, 0.4) is 0 Å². The van der Waals surface area contributed by atoms with Crippen molar-refractivity contribution in [1.82, 2.24) is 4.90 Å². The highest BCUT2D eigenvalue weighted by molar-refractivity contribution is 5.81. The van der Waals surface area contributed by atoms with Gasteiger partial charge >= 0.3 is 0 Å². The zero-order valence-electron chi connectivity index (χ0n) is 11.9. The summed E-state index contributed by atoms with van der Waals surface area (Å²) in [6.45, 7) is 4.54. The van der Waals surface area contributed by atoms with Crippen molar-refractivity contribution < 1.29 is 9.18 Å². The Labute approximate surface area is 119 Å². The summed E-state index contributed by atoms with van der Waals surface area (Å²) in [5.41, 5.74) is 6.75. The molecular formula is C16H21FN2O. The van der Waals surface area contributed by atoms with Gasteiger partial charge in [-0.05, 0) is 38.0 Å². The Morgan fingerprint density at radius 3 is 2.55 bits per heavy atom. The first-order valence-corrected chi connectivity index (χ1v) is 7.02. The maximum atomic E-state index is 13.0. The van der Waals surface area contributed by atoms with E-state index in [0.717, 1.165) is 5.56 Å². The summed E-state index contributed by atoms with van der Waals surface area (Å²) in [6.07, 6.45) is 4.46. The molecule has 0 aromatic heterocycles. The minimum atomic E-state index is -0.264. The molecule has 1 aliphatic rings. The molecule has 3 nitrogen and oxygen atoms in total. The number of nitrogens with two attached hydrogens (primary N) is 1. The number of hydrogen-bond donors (Lipinski definition) is 1. The average molecular weight is 276 g/mol. The van der Waals surface area contributed by atoms with Crippen molar-refractivity contribution in [3.05, 3.63) is 47.8 Å². The molecule has 0 fully saturated rings. The van der Waals surface area contributed by atoms with Gasteiger partial charge in [-0.3, -0.25) is 4.79 Å². The number of nitrogens with zero attached hydrogens (tertiary/aromatic N) is 1. The smallest absolute Gasteiger partial charge is 0.230 e. The second-order valence-electron chi connectivity index (χ2n) is 5.24. The third kappa shape index (κ3) is 3.07. The minimum absolute atomic E-state index is 0.0243. The van der Waals surface area contributed by atoms with E-state index in [2.05, 4.69) is 0 Å². The maximum Gasteiger partial charge on any atom is 0.230 e. The fourth-order valence-corrected chi connectivity index (χ4v) is 2.67. The molecule has 1 aromatic rings. The number of rotatable bonds is 4. The van der Waals surface area contributed by atoms with Crippen LogP contribution < -0.4 is 5.73 Å². The van der Waals surface area contributed by atoms with E-state index in [1.807, 2.05) is 30.9 Å². The summed E-state index contributed by atoms with van der Waals surface area (Å²) in [6, 6.07) is 6.21. The van der Waals surface area contributed by atoms with Crippen molar-refractivity contribution in [1.29, 1.82) is 0 Å². The first-order chi connectivity index (χ1) is 9.52. The number of hydrogen-bond acceptors (Lipinski definition) is 2. The Balaban J connectivity index is 2.13. The molecule has 0 spiro atoms. The van der Waals surface area contributed by atoms with E-state index in [0.29, 0.717) is 13.0 Å². The highest BCUT2D eigenvalue weighted by atomic mass is 19.1. The molecule has 0 heterocycles. The van der Waals surface area contributed by atoms with Gasteiger partial charge in [0, 0.05) is 12.6 Å². The summed E-state index contributed by atoms with van der Waals surface area (Å²) in [7, 11) is 0. The Morgan fingerprint density at radius 2 is 2.05 bits per heavy atom. The molecule has 20 heavy (non-hydrogen) atoms. The SMILES string of the molecule is CCN(C(=O)C1C=CC(N)C1)C(C)c1ccc(F)cc1. The van der Waals surface area contributed by atoms with Crippen LogP contribution in [0.15, 0.2) is 36.4 Å². The number of carbonyl (C=O) groups is 1. The van der Waals surface area contributed by atoms with Gasteiger partial charge < -0.3 is 10.6 Å². The van der Waals surface area contributed by atoms with Crippen LogP contribution in [0.4, 0.5) is 4.39 Å². The Bertz CT molecular complexity index is 498. The fraction of sp³-hybridized carbons (Fsp3) is 0.438. The zero-order chi connectivity index (χ0) is 14.7. The lowest BCUT2D eigenvalue weighted by Crippen LogP contribution is -2.37. The second-order valence-corrected chi connectivity index (χ2v) is 5.24. The van der Waals surface area contributed by atoms with Gasteiger partial charge in [0.15, 0.2) is 0 Å². The molecule has 1 amide bonds. The predicted molar refractivity (Wildman–Crippen MR) is 77.4 cm³/mol. The molecule has 3 atom stereocenters. The second kappa shape index (κ2) is 6.18. The van der Waals surface area contributed by atoms with Crippen LogP contribution in [-0.4, -0.2) is 23.4 Å². The van der Waals surface area contributed by atoms with E-state index in [-0.39, 0.29) is 29.7 Å². The van der Waals surface area contributed by atoms with Gasteiger partial charge in [0.2, 0.25) is 5.91 Å². The normalized spacial score (nSPS) is 22.8. The van der Waals surface area contributed by atoms with Gasteiger partial charge in [-0.15, -0.1) is 0 Å². The summed E-state index contributed by atoms with van der Waals surface area (Å²) in [4.78, 5) is 14.4. The van der Waals surface area contributed by atoms with Crippen LogP contribution in [0, 0.1) is 11.7 Å². The van der Waals surface area contributed by atoms with Gasteiger partial charge in [-0.25, -0.2) is 4.39 Å². The van der Waals surface area contributed by atoms with E-state index in [9.17, 15) is 9.18 Å². The molecule has 0 saturated carbocycles. The Hall–Kier alpha value is -1.68. The van der Waals surface area contributed by atoms with Gasteiger partial charge in [0.05, 0.1) is 12.0 Å². The summed E-state index contributed by atoms with van der Waals surface area (Å²) in [5.74, 6) is -0.304. The molecule has 0 saturated heterocycles. The zero-order valence-corrected chi connectivity index (χ0v) is 11.9. The van der Waals surface area contributed by atoms with Crippen molar-refractivity contribution in [3.8, 4) is 0 Å². The van der Waals surface area contributed by atoms with Gasteiger partial charge in [0.1, 0.15) is 5.82 Å². The first kappa shape index (κ1) is 14.7. The number of halogens is 1. The topological polar surface area (TPSA) is 46.3 Å². The number of amides is 1. The van der Waals surface area contributed by atoms with Crippen LogP contribution in [0.2, 0.25) is 0 Å². The fourth-order valence-electron chi connectivity index (χ4n) is 2.67. The summed E-state index contributed by atoms with van der Waals surface area (Å²) in [5, 5.41) is 0. The lowest BCUT2D eigenvalue weighted by Gasteiger charge is -2.30. The van der Waals surface area contributed by atoms with Crippen molar-refractivity contribution in [3.63, 3.8) is 0 Å². The third-order valence-corrected chi connectivity index (χ3v) is 3.88. The molecule has 2 rings (SSSR count). The molecule has 1 aliphatic carbocycles. The molecule has 0 aliphatic heterocycles. The molecule has 2 N–H and O–H groups in total. The molecule has 4 heteroatoms. The summed E-state index contributed by atoms with van der Waals surface area (Å²) < 4.78 is 13.0. The van der Waals surface area contributed by atoms with Crippen LogP contribution in [0.1, 0.15) is 31.9 Å². The van der Waals surface area contributed by atoms with Crippen molar-refractivity contribution in [2.45, 2.75) is 32.4 Å². The van der Waals surface area contributed by atoms with E-state index >= 15 is 0 Å². The Kier molecular flexibility index (Phi) is 4.55. The molecule has 1 aromatic carbocycles. The van der Waals surface area contributed by atoms with E-state index in [4.69, 9.17) is 5.73 Å². The third-order valence-electron chi connectivity index (χ3n) is 3.88. The van der Waals surface area contributed by atoms with Crippen LogP contribution in [-0.2, 0) is 4.79 Å². The molecular weight excluding hydrogens is 255 g/mol. The van der Waals surface area contributed by atoms with Crippen molar-refractivity contribution in [2.24, 2.45) is 11.7 Å². The van der Waals surface area contributed by atoms with Gasteiger partial charge in [-0.2, -0.15) is 0 Å². The molecule has 0 bridgehead atoms. The van der Waals surface area contributed by atoms with Crippen LogP contribution >= 0.6 is 0 Å². The van der Waals surface area contributed by atoms with Crippen molar-refractivity contribution in [2.75, 3.05) is 6.54 Å². The number of benzene rings is 1. The Morgan fingerprint density at radius 1 is 1.40 bits per heavy atom. The lowest BCUT2D eigenvalue weighted by atomic mass is 10.0. The molecule has 0 radical (unpaired) electrons. The van der Waals surface area contributed by atoms with E-state index in [1.54, 1.807) is 12.1 Å². The van der Waals surface area contributed by atoms with Crippen LogP contribution in [0.25, 0.3) is 0 Å². The highest BCUT2D eigenvalue weighted by Crippen LogP contribution is 2.26. The average Bonchev–Trinajstić information content (AvgIpc) is 2.86. The van der Waals surface area contributed by atoms with Crippen molar-refractivity contribution >= 4 is 5.91 Å². The molecule has 108 valence electrons. The monoisotopic (exact) mass is 276 g/mol. The molecule has 3 unspecified atom stereocenters. The van der Waals surface area contributed by atoms with Gasteiger partial charge in [-0.1, -0.05) is 24.3 Å². The summed E-state index contributed by atoms with van der Waals surface area (Å²) >= 11 is 0. The van der Waals surface area contributed by atoms with E-state index < -0.39 is 0 Å².